The molecule has 2 heterocycles. The highest BCUT2D eigenvalue weighted by atomic mass is 16.5. The van der Waals surface area contributed by atoms with Gasteiger partial charge in [-0.05, 0) is 47.5 Å². The number of esters is 1. The van der Waals surface area contributed by atoms with Gasteiger partial charge in [-0.15, -0.1) is 0 Å². The first-order valence-corrected chi connectivity index (χ1v) is 8.75. The molecule has 0 unspecified atom stereocenters. The number of hydrogen-bond acceptors (Lipinski definition) is 4. The lowest BCUT2D eigenvalue weighted by Crippen LogP contribution is -2.05. The lowest BCUT2D eigenvalue weighted by Gasteiger charge is -2.09. The summed E-state index contributed by atoms with van der Waals surface area (Å²) in [5, 5.41) is 0.976. The van der Waals surface area contributed by atoms with Crippen molar-refractivity contribution in [2.75, 3.05) is 7.11 Å². The van der Waals surface area contributed by atoms with Gasteiger partial charge in [0, 0.05) is 28.9 Å². The largest absolute Gasteiger partial charge is 0.464 e. The zero-order valence-corrected chi connectivity index (χ0v) is 15.2. The predicted octanol–water partition coefficient (Wildman–Crippen LogP) is 4.48. The Morgan fingerprint density at radius 2 is 1.71 bits per heavy atom. The Bertz CT molecular complexity index is 1200. The molecule has 0 bridgehead atoms. The summed E-state index contributed by atoms with van der Waals surface area (Å²) in [6.45, 7) is 0. The van der Waals surface area contributed by atoms with E-state index in [0.29, 0.717) is 0 Å². The van der Waals surface area contributed by atoms with E-state index in [1.165, 1.54) is 7.11 Å². The Morgan fingerprint density at radius 3 is 2.46 bits per heavy atom. The van der Waals surface area contributed by atoms with Gasteiger partial charge < -0.3 is 4.74 Å². The maximum Gasteiger partial charge on any atom is 0.356 e. The quantitative estimate of drug-likeness (QED) is 0.389. The van der Waals surface area contributed by atoms with Crippen molar-refractivity contribution in [2.45, 2.75) is 0 Å². The average Bonchev–Trinajstić information content (AvgIpc) is 2.77. The van der Waals surface area contributed by atoms with Crippen LogP contribution in [0.1, 0.15) is 21.6 Å². The number of nitrogens with zero attached hydrogens (tertiary/aromatic N) is 2. The highest BCUT2D eigenvalue weighted by Gasteiger charge is 2.13. The first-order valence-electron chi connectivity index (χ1n) is 8.75. The standard InChI is InChI=1S/C24H16N2O2/c1-28-24(27)23-15-21(20-6-2-3-7-22(20)26-23)19-12-10-17(11-13-19)8-9-18-5-4-14-25-16-18/h2-7,10-16H,1H3. The number of aromatic nitrogens is 2. The topological polar surface area (TPSA) is 52.1 Å². The van der Waals surface area contributed by atoms with Crippen LogP contribution in [-0.4, -0.2) is 23.0 Å². The van der Waals surface area contributed by atoms with E-state index in [0.717, 1.165) is 33.2 Å². The number of hydrogen-bond donors (Lipinski definition) is 0. The number of pyridine rings is 2. The molecule has 0 fully saturated rings. The van der Waals surface area contributed by atoms with E-state index < -0.39 is 5.97 Å². The molecular formula is C24H16N2O2. The van der Waals surface area contributed by atoms with Crippen LogP contribution in [0.3, 0.4) is 0 Å². The zero-order valence-electron chi connectivity index (χ0n) is 15.2. The first kappa shape index (κ1) is 17.4. The Morgan fingerprint density at radius 1 is 0.929 bits per heavy atom. The van der Waals surface area contributed by atoms with Crippen molar-refractivity contribution in [3.8, 4) is 23.0 Å². The fourth-order valence-corrected chi connectivity index (χ4v) is 2.94. The van der Waals surface area contributed by atoms with Crippen LogP contribution in [0, 0.1) is 11.8 Å². The molecular weight excluding hydrogens is 348 g/mol. The summed E-state index contributed by atoms with van der Waals surface area (Å²) in [6.07, 6.45) is 3.46. The van der Waals surface area contributed by atoms with E-state index in [1.54, 1.807) is 18.5 Å². The van der Waals surface area contributed by atoms with Crippen LogP contribution in [0.4, 0.5) is 0 Å². The number of para-hydroxylation sites is 1. The van der Waals surface area contributed by atoms with Gasteiger partial charge in [-0.2, -0.15) is 0 Å². The van der Waals surface area contributed by atoms with E-state index in [-0.39, 0.29) is 5.69 Å². The number of fused-ring (bicyclic) bond motifs is 1. The van der Waals surface area contributed by atoms with E-state index in [4.69, 9.17) is 4.74 Å². The van der Waals surface area contributed by atoms with Gasteiger partial charge in [-0.1, -0.05) is 42.2 Å². The number of carbonyl (C=O) groups is 1. The molecule has 0 atom stereocenters. The number of rotatable bonds is 2. The molecule has 0 aliphatic carbocycles. The second-order valence-electron chi connectivity index (χ2n) is 6.13. The van der Waals surface area contributed by atoms with Gasteiger partial charge in [0.05, 0.1) is 12.6 Å². The Hall–Kier alpha value is -3.97. The van der Waals surface area contributed by atoms with Crippen LogP contribution in [0.2, 0.25) is 0 Å². The van der Waals surface area contributed by atoms with Crippen molar-refractivity contribution < 1.29 is 9.53 Å². The summed E-state index contributed by atoms with van der Waals surface area (Å²) in [7, 11) is 1.36. The maximum atomic E-state index is 12.0. The molecule has 0 spiro atoms. The third kappa shape index (κ3) is 3.60. The van der Waals surface area contributed by atoms with Gasteiger partial charge in [0.15, 0.2) is 0 Å². The molecule has 4 aromatic rings. The van der Waals surface area contributed by atoms with E-state index in [9.17, 15) is 4.79 Å². The minimum atomic E-state index is -0.453. The number of carbonyl (C=O) groups excluding carboxylic acids is 1. The van der Waals surface area contributed by atoms with E-state index in [1.807, 2.05) is 60.7 Å². The molecule has 0 saturated heterocycles. The molecule has 28 heavy (non-hydrogen) atoms. The summed E-state index contributed by atoms with van der Waals surface area (Å²) >= 11 is 0. The van der Waals surface area contributed by atoms with Crippen molar-refractivity contribution in [3.63, 3.8) is 0 Å². The third-order valence-corrected chi connectivity index (χ3v) is 4.32. The van der Waals surface area contributed by atoms with Crippen LogP contribution < -0.4 is 0 Å². The highest BCUT2D eigenvalue weighted by molar-refractivity contribution is 5.99. The van der Waals surface area contributed by atoms with Gasteiger partial charge in [-0.25, -0.2) is 9.78 Å². The third-order valence-electron chi connectivity index (χ3n) is 4.32. The molecule has 0 aliphatic heterocycles. The fourth-order valence-electron chi connectivity index (χ4n) is 2.94. The lowest BCUT2D eigenvalue weighted by atomic mass is 9.99. The summed E-state index contributed by atoms with van der Waals surface area (Å²) in [4.78, 5) is 20.5. The smallest absolute Gasteiger partial charge is 0.356 e. The Balaban J connectivity index is 1.74. The molecule has 2 aromatic heterocycles. The molecule has 0 radical (unpaired) electrons. The van der Waals surface area contributed by atoms with Crippen LogP contribution in [0.5, 0.6) is 0 Å². The minimum absolute atomic E-state index is 0.289. The lowest BCUT2D eigenvalue weighted by molar-refractivity contribution is 0.0594. The van der Waals surface area contributed by atoms with Gasteiger partial charge in [-0.3, -0.25) is 4.98 Å². The molecule has 134 valence electrons. The summed E-state index contributed by atoms with van der Waals surface area (Å²) in [5.41, 5.74) is 4.72. The monoisotopic (exact) mass is 364 g/mol. The first-order chi connectivity index (χ1) is 13.7. The molecule has 2 aromatic carbocycles. The van der Waals surface area contributed by atoms with Gasteiger partial charge in [0.2, 0.25) is 0 Å². The van der Waals surface area contributed by atoms with E-state index in [2.05, 4.69) is 21.8 Å². The van der Waals surface area contributed by atoms with Crippen molar-refractivity contribution in [3.05, 3.63) is 95.9 Å². The fraction of sp³-hybridized carbons (Fsp3) is 0.0417. The maximum absolute atomic E-state index is 12.0. The van der Waals surface area contributed by atoms with Gasteiger partial charge in [0.25, 0.3) is 0 Å². The second kappa shape index (κ2) is 7.73. The SMILES string of the molecule is COC(=O)c1cc(-c2ccc(C#Cc3cccnc3)cc2)c2ccccc2n1. The average molecular weight is 364 g/mol. The van der Waals surface area contributed by atoms with Gasteiger partial charge >= 0.3 is 5.97 Å². The summed E-state index contributed by atoms with van der Waals surface area (Å²) in [5.74, 6) is 5.78. The Labute approximate surface area is 162 Å². The van der Waals surface area contributed by atoms with Gasteiger partial charge in [0.1, 0.15) is 5.69 Å². The zero-order chi connectivity index (χ0) is 19.3. The molecule has 4 rings (SSSR count). The molecule has 0 amide bonds. The van der Waals surface area contributed by atoms with Crippen molar-refractivity contribution in [1.29, 1.82) is 0 Å². The number of benzene rings is 2. The molecule has 0 N–H and O–H groups in total. The molecule has 4 nitrogen and oxygen atoms in total. The number of ether oxygens (including phenoxy) is 1. The van der Waals surface area contributed by atoms with Crippen molar-refractivity contribution >= 4 is 16.9 Å². The van der Waals surface area contributed by atoms with Crippen LogP contribution in [0.25, 0.3) is 22.0 Å². The second-order valence-corrected chi connectivity index (χ2v) is 6.13. The van der Waals surface area contributed by atoms with Crippen molar-refractivity contribution in [2.24, 2.45) is 0 Å². The highest BCUT2D eigenvalue weighted by Crippen LogP contribution is 2.29. The molecule has 0 saturated carbocycles. The molecule has 0 aliphatic rings. The van der Waals surface area contributed by atoms with Crippen LogP contribution >= 0.6 is 0 Å². The summed E-state index contributed by atoms with van der Waals surface area (Å²) < 4.78 is 4.84. The summed E-state index contributed by atoms with van der Waals surface area (Å²) in [6, 6.07) is 21.2. The van der Waals surface area contributed by atoms with E-state index >= 15 is 0 Å². The Kier molecular flexibility index (Phi) is 4.81. The molecule has 4 heteroatoms. The van der Waals surface area contributed by atoms with Crippen molar-refractivity contribution in [1.82, 2.24) is 9.97 Å². The van der Waals surface area contributed by atoms with Crippen LogP contribution in [-0.2, 0) is 4.74 Å². The normalized spacial score (nSPS) is 10.2. The number of methoxy groups -OCH3 is 1. The predicted molar refractivity (Wildman–Crippen MR) is 109 cm³/mol. The minimum Gasteiger partial charge on any atom is -0.464 e. The van der Waals surface area contributed by atoms with Crippen LogP contribution in [0.15, 0.2) is 79.1 Å².